The molecule has 0 spiro atoms. The van der Waals surface area contributed by atoms with Crippen molar-refractivity contribution >= 4 is 5.97 Å². The number of halogens is 1. The molecule has 0 aromatic heterocycles. The van der Waals surface area contributed by atoms with E-state index in [1.54, 1.807) is 0 Å². The first kappa shape index (κ1) is 20.6. The topological polar surface area (TPSA) is 38.8 Å². The standard InChI is InChI=1S/C24H28NO3.BrH/c1-24(16-10-6-4-7-11-16,17-12-8-5-9-13-17)23(26)27-18-14-19-21-22(28-21)20(15-18)25(19,2)3;/h4-13,18-22H,14-15H2,1-3H3;1H/q+1;/p-1. The van der Waals surface area contributed by atoms with Gasteiger partial charge in [-0.3, -0.25) is 4.79 Å². The first-order valence-corrected chi connectivity index (χ1v) is 10.2. The molecular weight excluding hydrogens is 430 g/mol. The van der Waals surface area contributed by atoms with Crippen LogP contribution in [0.4, 0.5) is 0 Å². The first-order valence-electron chi connectivity index (χ1n) is 10.2. The molecule has 4 atom stereocenters. The quantitative estimate of drug-likeness (QED) is 0.376. The van der Waals surface area contributed by atoms with Crippen molar-refractivity contribution in [2.75, 3.05) is 14.1 Å². The number of likely N-dealkylation sites (N-methyl/N-ethyl adjacent to an activating group) is 1. The monoisotopic (exact) mass is 457 g/mol. The van der Waals surface area contributed by atoms with Crippen LogP contribution in [-0.2, 0) is 19.7 Å². The number of rotatable bonds is 4. The molecule has 3 saturated heterocycles. The molecule has 29 heavy (non-hydrogen) atoms. The van der Waals surface area contributed by atoms with Crippen molar-refractivity contribution < 1.29 is 35.7 Å². The molecule has 3 aliphatic heterocycles. The van der Waals surface area contributed by atoms with Gasteiger partial charge in [-0.1, -0.05) is 60.7 Å². The van der Waals surface area contributed by atoms with Crippen molar-refractivity contribution in [2.45, 2.75) is 55.6 Å². The van der Waals surface area contributed by atoms with Gasteiger partial charge in [-0.25, -0.2) is 0 Å². The number of piperidine rings is 1. The molecule has 0 radical (unpaired) electrons. The second-order valence-electron chi connectivity index (χ2n) is 9.18. The minimum absolute atomic E-state index is 0. The first-order chi connectivity index (χ1) is 13.4. The molecule has 0 N–H and O–H groups in total. The number of benzene rings is 2. The van der Waals surface area contributed by atoms with Crippen LogP contribution in [0.2, 0.25) is 0 Å². The van der Waals surface area contributed by atoms with E-state index in [1.807, 2.05) is 67.6 Å². The molecule has 0 amide bonds. The number of quaternary nitrogens is 1. The summed E-state index contributed by atoms with van der Waals surface area (Å²) in [7, 11) is 4.59. The fraction of sp³-hybridized carbons (Fsp3) is 0.458. The van der Waals surface area contributed by atoms with Crippen LogP contribution >= 0.6 is 0 Å². The largest absolute Gasteiger partial charge is 1.00 e. The number of ether oxygens (including phenoxy) is 2. The maximum Gasteiger partial charge on any atom is 0.321 e. The van der Waals surface area contributed by atoms with E-state index in [1.165, 1.54) is 0 Å². The van der Waals surface area contributed by atoms with Crippen molar-refractivity contribution in [1.29, 1.82) is 0 Å². The van der Waals surface area contributed by atoms with Crippen molar-refractivity contribution in [1.82, 2.24) is 0 Å². The Kier molecular flexibility index (Phi) is 5.12. The Morgan fingerprint density at radius 1 is 0.931 bits per heavy atom. The molecule has 2 aromatic carbocycles. The molecule has 2 aromatic rings. The van der Waals surface area contributed by atoms with Gasteiger partial charge in [0.25, 0.3) is 0 Å². The predicted octanol–water partition coefficient (Wildman–Crippen LogP) is 0.297. The van der Waals surface area contributed by atoms with Gasteiger partial charge < -0.3 is 30.9 Å². The van der Waals surface area contributed by atoms with Crippen LogP contribution in [0.3, 0.4) is 0 Å². The van der Waals surface area contributed by atoms with E-state index in [2.05, 4.69) is 14.1 Å². The van der Waals surface area contributed by atoms with Gasteiger partial charge in [0, 0.05) is 12.8 Å². The fourth-order valence-corrected chi connectivity index (χ4v) is 5.52. The van der Waals surface area contributed by atoms with Crippen LogP contribution in [0, 0.1) is 0 Å². The molecule has 2 bridgehead atoms. The van der Waals surface area contributed by atoms with Gasteiger partial charge >= 0.3 is 5.97 Å². The van der Waals surface area contributed by atoms with E-state index in [0.29, 0.717) is 24.3 Å². The molecule has 0 aliphatic carbocycles. The number of nitrogens with zero attached hydrogens (tertiary/aromatic N) is 1. The summed E-state index contributed by atoms with van der Waals surface area (Å²) in [6.07, 6.45) is 2.46. The molecule has 3 heterocycles. The van der Waals surface area contributed by atoms with Crippen LogP contribution in [0.1, 0.15) is 30.9 Å². The minimum Gasteiger partial charge on any atom is -1.00 e. The van der Waals surface area contributed by atoms with E-state index in [9.17, 15) is 4.79 Å². The molecule has 0 saturated carbocycles. The second-order valence-corrected chi connectivity index (χ2v) is 9.18. The Hall–Kier alpha value is -1.69. The second kappa shape index (κ2) is 7.22. The van der Waals surface area contributed by atoms with E-state index in [-0.39, 0.29) is 29.1 Å². The Morgan fingerprint density at radius 3 is 1.83 bits per heavy atom. The summed E-state index contributed by atoms with van der Waals surface area (Å²) in [4.78, 5) is 13.6. The smallest absolute Gasteiger partial charge is 0.321 e. The maximum absolute atomic E-state index is 13.6. The number of morpholine rings is 1. The minimum atomic E-state index is -0.817. The number of hydrogen-bond donors (Lipinski definition) is 0. The lowest BCUT2D eigenvalue weighted by Crippen LogP contribution is -3.00. The van der Waals surface area contributed by atoms with E-state index < -0.39 is 5.41 Å². The predicted molar refractivity (Wildman–Crippen MR) is 107 cm³/mol. The van der Waals surface area contributed by atoms with Crippen LogP contribution in [0.25, 0.3) is 0 Å². The van der Waals surface area contributed by atoms with Gasteiger partial charge in [-0.05, 0) is 18.1 Å². The number of esters is 1. The number of fused-ring (bicyclic) bond motifs is 5. The molecule has 5 rings (SSSR count). The highest BCUT2D eigenvalue weighted by Crippen LogP contribution is 2.52. The van der Waals surface area contributed by atoms with Crippen molar-refractivity contribution in [3.05, 3.63) is 71.8 Å². The summed E-state index contributed by atoms with van der Waals surface area (Å²) < 4.78 is 13.1. The Labute approximate surface area is 183 Å². The molecule has 5 heteroatoms. The Bertz CT molecular complexity index is 826. The van der Waals surface area contributed by atoms with Gasteiger partial charge in [0.2, 0.25) is 0 Å². The lowest BCUT2D eigenvalue weighted by atomic mass is 9.76. The molecule has 4 unspecified atom stereocenters. The maximum atomic E-state index is 13.6. The average molecular weight is 458 g/mol. The summed E-state index contributed by atoms with van der Waals surface area (Å²) in [5.41, 5.74) is 1.11. The zero-order valence-corrected chi connectivity index (χ0v) is 18.7. The summed E-state index contributed by atoms with van der Waals surface area (Å²) in [5.74, 6) is -0.156. The lowest BCUT2D eigenvalue weighted by Gasteiger charge is -2.45. The third-order valence-corrected chi connectivity index (χ3v) is 7.42. The summed E-state index contributed by atoms with van der Waals surface area (Å²) in [6.45, 7) is 1.98. The average Bonchev–Trinajstić information content (AvgIpc) is 3.47. The number of carbonyl (C=O) groups excluding carboxylic acids is 1. The molecule has 154 valence electrons. The summed E-state index contributed by atoms with van der Waals surface area (Å²) in [6, 6.07) is 20.8. The third kappa shape index (κ3) is 3.15. The van der Waals surface area contributed by atoms with Crippen LogP contribution in [0.15, 0.2) is 60.7 Å². The highest BCUT2D eigenvalue weighted by Gasteiger charge is 2.70. The number of epoxide rings is 1. The van der Waals surface area contributed by atoms with Crippen molar-refractivity contribution in [3.63, 3.8) is 0 Å². The molecule has 3 fully saturated rings. The highest BCUT2D eigenvalue weighted by atomic mass is 79.9. The number of hydrogen-bond acceptors (Lipinski definition) is 3. The SMILES string of the molecule is CC(C(=O)OC1CC2C3OC3C(C1)[N+]2(C)C)(c1ccccc1)c1ccccc1.[Br-]. The zero-order valence-electron chi connectivity index (χ0n) is 17.1. The summed E-state index contributed by atoms with van der Waals surface area (Å²) in [5, 5.41) is 0. The Morgan fingerprint density at radius 2 is 1.38 bits per heavy atom. The van der Waals surface area contributed by atoms with Gasteiger partial charge in [0.05, 0.1) is 14.1 Å². The zero-order chi connectivity index (χ0) is 19.5. The lowest BCUT2D eigenvalue weighted by molar-refractivity contribution is -0.938. The molecule has 4 nitrogen and oxygen atoms in total. The highest BCUT2D eigenvalue weighted by molar-refractivity contribution is 5.87. The van der Waals surface area contributed by atoms with Gasteiger partial charge in [0.1, 0.15) is 35.8 Å². The van der Waals surface area contributed by atoms with Crippen LogP contribution < -0.4 is 17.0 Å². The molecular formula is C24H28BrNO3. The van der Waals surface area contributed by atoms with E-state index in [4.69, 9.17) is 9.47 Å². The van der Waals surface area contributed by atoms with Crippen molar-refractivity contribution in [3.8, 4) is 0 Å². The van der Waals surface area contributed by atoms with Gasteiger partial charge in [0.15, 0.2) is 0 Å². The summed E-state index contributed by atoms with van der Waals surface area (Å²) >= 11 is 0. The van der Waals surface area contributed by atoms with E-state index >= 15 is 0 Å². The number of carbonyl (C=O) groups is 1. The van der Waals surface area contributed by atoms with Gasteiger partial charge in [-0.15, -0.1) is 0 Å². The van der Waals surface area contributed by atoms with Crippen LogP contribution in [-0.4, -0.2) is 54.9 Å². The Balaban J connectivity index is 0.00000205. The van der Waals surface area contributed by atoms with Gasteiger partial charge in [-0.2, -0.15) is 0 Å². The fourth-order valence-electron chi connectivity index (χ4n) is 5.52. The van der Waals surface area contributed by atoms with E-state index in [0.717, 1.165) is 28.5 Å². The van der Waals surface area contributed by atoms with Crippen LogP contribution in [0.5, 0.6) is 0 Å². The molecule has 3 aliphatic rings. The normalized spacial score (nSPS) is 31.3. The third-order valence-electron chi connectivity index (χ3n) is 7.42. The van der Waals surface area contributed by atoms with Crippen molar-refractivity contribution in [2.24, 2.45) is 0 Å².